The van der Waals surface area contributed by atoms with E-state index in [-0.39, 0.29) is 32.0 Å². The second kappa shape index (κ2) is 10.1. The fraction of sp³-hybridized carbons (Fsp3) is 0.348. The Morgan fingerprint density at radius 3 is 2.19 bits per heavy atom. The number of hydrogen-bond donors (Lipinski definition) is 3. The molecule has 1 aliphatic rings. The van der Waals surface area contributed by atoms with Crippen molar-refractivity contribution in [2.24, 2.45) is 0 Å². The Kier molecular flexibility index (Phi) is 7.25. The summed E-state index contributed by atoms with van der Waals surface area (Å²) in [5.41, 5.74) is 4.45. The Balaban J connectivity index is 1.50. The minimum Gasteiger partial charge on any atom is -0.480 e. The van der Waals surface area contributed by atoms with Crippen molar-refractivity contribution in [1.29, 1.82) is 0 Å². The van der Waals surface area contributed by atoms with Gasteiger partial charge in [0.25, 0.3) is 0 Å². The van der Waals surface area contributed by atoms with E-state index in [1.54, 1.807) is 6.92 Å². The lowest BCUT2D eigenvalue weighted by molar-refractivity contribution is -0.145. The average molecular weight is 426 g/mol. The summed E-state index contributed by atoms with van der Waals surface area (Å²) in [6.45, 7) is 1.42. The lowest BCUT2D eigenvalue weighted by Gasteiger charge is -2.20. The molecule has 2 amide bonds. The van der Waals surface area contributed by atoms with Crippen LogP contribution in [0.5, 0.6) is 0 Å². The minimum absolute atomic E-state index is 0.0706. The van der Waals surface area contributed by atoms with Gasteiger partial charge in [-0.1, -0.05) is 48.5 Å². The highest BCUT2D eigenvalue weighted by molar-refractivity contribution is 5.82. The molecule has 0 bridgehead atoms. The van der Waals surface area contributed by atoms with Crippen LogP contribution in [0.3, 0.4) is 0 Å². The van der Waals surface area contributed by atoms with E-state index in [0.717, 1.165) is 27.2 Å². The van der Waals surface area contributed by atoms with Crippen LogP contribution in [0.4, 0.5) is 4.79 Å². The van der Waals surface area contributed by atoms with E-state index in [1.807, 2.05) is 48.5 Å². The molecule has 0 fully saturated rings. The second-order valence-electron chi connectivity index (χ2n) is 7.37. The fourth-order valence-corrected chi connectivity index (χ4v) is 3.79. The van der Waals surface area contributed by atoms with Crippen LogP contribution in [0.15, 0.2) is 48.5 Å². The van der Waals surface area contributed by atoms with Crippen molar-refractivity contribution < 1.29 is 29.3 Å². The number of carboxylic acid groups (broad SMARTS) is 1. The first-order valence-corrected chi connectivity index (χ1v) is 10.2. The summed E-state index contributed by atoms with van der Waals surface area (Å²) >= 11 is 0. The maximum Gasteiger partial charge on any atom is 0.407 e. The molecule has 1 aliphatic carbocycles. The molecule has 2 aromatic carbocycles. The van der Waals surface area contributed by atoms with Gasteiger partial charge >= 0.3 is 12.1 Å². The molecule has 2 aromatic rings. The van der Waals surface area contributed by atoms with Gasteiger partial charge in [-0.05, 0) is 29.2 Å². The smallest absolute Gasteiger partial charge is 0.407 e. The number of carbonyl (C=O) groups is 3. The van der Waals surface area contributed by atoms with Crippen LogP contribution < -0.4 is 5.32 Å². The SMILES string of the molecule is CCN(CC(=O)O)C(=O)CC(O)CNC(=O)OCC1c2ccccc2-c2ccccc21. The number of benzene rings is 2. The molecule has 0 heterocycles. The predicted molar refractivity (Wildman–Crippen MR) is 114 cm³/mol. The molecule has 0 saturated heterocycles. The highest BCUT2D eigenvalue weighted by Crippen LogP contribution is 2.44. The summed E-state index contributed by atoms with van der Waals surface area (Å²) < 4.78 is 5.38. The Labute approximate surface area is 180 Å². The second-order valence-corrected chi connectivity index (χ2v) is 7.37. The van der Waals surface area contributed by atoms with E-state index in [1.165, 1.54) is 0 Å². The molecule has 0 radical (unpaired) electrons. The van der Waals surface area contributed by atoms with Gasteiger partial charge in [-0.25, -0.2) is 4.79 Å². The van der Waals surface area contributed by atoms with Crippen LogP contribution in [0.25, 0.3) is 11.1 Å². The zero-order valence-corrected chi connectivity index (χ0v) is 17.3. The van der Waals surface area contributed by atoms with Crippen LogP contribution >= 0.6 is 0 Å². The number of carbonyl (C=O) groups excluding carboxylic acids is 2. The van der Waals surface area contributed by atoms with Crippen molar-refractivity contribution in [3.05, 3.63) is 59.7 Å². The number of nitrogens with zero attached hydrogens (tertiary/aromatic N) is 1. The number of hydrogen-bond acceptors (Lipinski definition) is 5. The maximum absolute atomic E-state index is 12.1. The summed E-state index contributed by atoms with van der Waals surface area (Å²) in [4.78, 5) is 36.1. The van der Waals surface area contributed by atoms with E-state index in [0.29, 0.717) is 0 Å². The van der Waals surface area contributed by atoms with Gasteiger partial charge in [-0.15, -0.1) is 0 Å². The molecule has 8 heteroatoms. The molecule has 0 saturated carbocycles. The highest BCUT2D eigenvalue weighted by Gasteiger charge is 2.29. The third-order valence-corrected chi connectivity index (χ3v) is 5.30. The van der Waals surface area contributed by atoms with Gasteiger partial charge in [0, 0.05) is 19.0 Å². The Morgan fingerprint density at radius 1 is 1.06 bits per heavy atom. The number of aliphatic hydroxyl groups is 1. The largest absolute Gasteiger partial charge is 0.480 e. The lowest BCUT2D eigenvalue weighted by Crippen LogP contribution is -2.40. The van der Waals surface area contributed by atoms with Crippen LogP contribution in [-0.2, 0) is 14.3 Å². The van der Waals surface area contributed by atoms with Crippen molar-refractivity contribution in [2.45, 2.75) is 25.4 Å². The number of likely N-dealkylation sites (N-methyl/N-ethyl adjacent to an activating group) is 1. The van der Waals surface area contributed by atoms with Crippen molar-refractivity contribution >= 4 is 18.0 Å². The summed E-state index contributed by atoms with van der Waals surface area (Å²) in [5.74, 6) is -1.69. The quantitative estimate of drug-likeness (QED) is 0.566. The van der Waals surface area contributed by atoms with E-state index in [2.05, 4.69) is 5.32 Å². The number of aliphatic carboxylic acids is 1. The molecule has 3 rings (SSSR count). The number of amides is 2. The lowest BCUT2D eigenvalue weighted by atomic mass is 9.98. The molecule has 1 unspecified atom stereocenters. The normalized spacial score (nSPS) is 13.1. The van der Waals surface area contributed by atoms with Crippen molar-refractivity contribution in [3.63, 3.8) is 0 Å². The monoisotopic (exact) mass is 426 g/mol. The van der Waals surface area contributed by atoms with Gasteiger partial charge in [0.1, 0.15) is 13.2 Å². The van der Waals surface area contributed by atoms with Gasteiger partial charge in [-0.2, -0.15) is 0 Å². The summed E-state index contributed by atoms with van der Waals surface area (Å²) in [6, 6.07) is 16.0. The molecule has 31 heavy (non-hydrogen) atoms. The van der Waals surface area contributed by atoms with E-state index in [4.69, 9.17) is 9.84 Å². The Hall–Kier alpha value is -3.39. The van der Waals surface area contributed by atoms with E-state index < -0.39 is 30.6 Å². The number of rotatable bonds is 9. The molecule has 0 spiro atoms. The molecule has 1 atom stereocenters. The number of nitrogens with one attached hydrogen (secondary N) is 1. The Bertz CT molecular complexity index is 915. The number of aliphatic hydroxyl groups excluding tert-OH is 1. The van der Waals surface area contributed by atoms with Crippen LogP contribution in [0.1, 0.15) is 30.4 Å². The first-order valence-electron chi connectivity index (χ1n) is 10.2. The highest BCUT2D eigenvalue weighted by atomic mass is 16.5. The molecular formula is C23H26N2O6. The van der Waals surface area contributed by atoms with Gasteiger partial charge < -0.3 is 25.2 Å². The molecule has 0 aliphatic heterocycles. The molecule has 164 valence electrons. The molecule has 3 N–H and O–H groups in total. The molecule has 0 aromatic heterocycles. The zero-order chi connectivity index (χ0) is 22.4. The van der Waals surface area contributed by atoms with Crippen molar-refractivity contribution in [1.82, 2.24) is 10.2 Å². The van der Waals surface area contributed by atoms with Crippen LogP contribution in [0.2, 0.25) is 0 Å². The van der Waals surface area contributed by atoms with E-state index in [9.17, 15) is 19.5 Å². The standard InChI is InChI=1S/C23H26N2O6/c1-2-25(13-22(28)29)21(27)11-15(26)12-24-23(30)31-14-20-18-9-5-3-7-16(18)17-8-4-6-10-19(17)20/h3-10,15,20,26H,2,11-14H2,1H3,(H,24,30)(H,28,29). The number of ether oxygens (including phenoxy) is 1. The first kappa shape index (κ1) is 22.3. The molecular weight excluding hydrogens is 400 g/mol. The molecule has 8 nitrogen and oxygen atoms in total. The average Bonchev–Trinajstić information content (AvgIpc) is 3.08. The third kappa shape index (κ3) is 5.40. The summed E-state index contributed by atoms with van der Waals surface area (Å²) in [6.07, 6.45) is -2.12. The summed E-state index contributed by atoms with van der Waals surface area (Å²) in [7, 11) is 0. The van der Waals surface area contributed by atoms with Crippen molar-refractivity contribution in [3.8, 4) is 11.1 Å². The van der Waals surface area contributed by atoms with Gasteiger partial charge in [0.15, 0.2) is 0 Å². The fourth-order valence-electron chi connectivity index (χ4n) is 3.79. The minimum atomic E-state index is -1.14. The van der Waals surface area contributed by atoms with Gasteiger partial charge in [0.2, 0.25) is 5.91 Å². The predicted octanol–water partition coefficient (Wildman–Crippen LogP) is 2.21. The number of fused-ring (bicyclic) bond motifs is 3. The van der Waals surface area contributed by atoms with Gasteiger partial charge in [-0.3, -0.25) is 9.59 Å². The van der Waals surface area contributed by atoms with Crippen LogP contribution in [0, 0.1) is 0 Å². The number of alkyl carbamates (subject to hydrolysis) is 1. The van der Waals surface area contributed by atoms with Gasteiger partial charge in [0.05, 0.1) is 12.5 Å². The first-order chi connectivity index (χ1) is 14.9. The zero-order valence-electron chi connectivity index (χ0n) is 17.3. The van der Waals surface area contributed by atoms with E-state index >= 15 is 0 Å². The topological polar surface area (TPSA) is 116 Å². The number of carboxylic acids is 1. The Morgan fingerprint density at radius 2 is 1.65 bits per heavy atom. The van der Waals surface area contributed by atoms with Crippen molar-refractivity contribution in [2.75, 3.05) is 26.2 Å². The summed E-state index contributed by atoms with van der Waals surface area (Å²) in [5, 5.41) is 21.3. The third-order valence-electron chi connectivity index (χ3n) is 5.30. The maximum atomic E-state index is 12.1. The van der Waals surface area contributed by atoms with Crippen LogP contribution in [-0.4, -0.2) is 65.4 Å².